The summed E-state index contributed by atoms with van der Waals surface area (Å²) >= 11 is 11.8. The maximum Gasteiger partial charge on any atom is 0.132 e. The Labute approximate surface area is 121 Å². The summed E-state index contributed by atoms with van der Waals surface area (Å²) in [4.78, 5) is 4.12. The normalized spacial score (nSPS) is 10.5. The first kappa shape index (κ1) is 14.1. The highest BCUT2D eigenvalue weighted by atomic mass is 35.5. The fraction of sp³-hybridized carbons (Fsp3) is 0.214. The summed E-state index contributed by atoms with van der Waals surface area (Å²) in [6, 6.07) is 9.19. The van der Waals surface area contributed by atoms with E-state index in [4.69, 9.17) is 33.0 Å². The van der Waals surface area contributed by atoms with Gasteiger partial charge in [0.2, 0.25) is 0 Å². The van der Waals surface area contributed by atoms with Crippen LogP contribution in [0.4, 0.5) is 0 Å². The van der Waals surface area contributed by atoms with Gasteiger partial charge in [0.25, 0.3) is 0 Å². The van der Waals surface area contributed by atoms with Crippen LogP contribution in [0.15, 0.2) is 36.5 Å². The molecule has 0 aliphatic heterocycles. The fourth-order valence-electron chi connectivity index (χ4n) is 1.58. The van der Waals surface area contributed by atoms with E-state index < -0.39 is 0 Å². The predicted octanol–water partition coefficient (Wildman–Crippen LogP) is 3.50. The van der Waals surface area contributed by atoms with Crippen LogP contribution in [0.1, 0.15) is 11.3 Å². The minimum absolute atomic E-state index is 0.143. The third-order valence-electron chi connectivity index (χ3n) is 2.58. The van der Waals surface area contributed by atoms with Crippen LogP contribution in [0.2, 0.25) is 10.0 Å². The van der Waals surface area contributed by atoms with Gasteiger partial charge < -0.3 is 9.84 Å². The molecule has 0 aliphatic rings. The Kier molecular flexibility index (Phi) is 5.02. The van der Waals surface area contributed by atoms with Crippen molar-refractivity contribution in [2.75, 3.05) is 6.61 Å². The quantitative estimate of drug-likeness (QED) is 0.918. The minimum Gasteiger partial charge on any atom is -0.487 e. The number of rotatable bonds is 5. The molecule has 0 bridgehead atoms. The van der Waals surface area contributed by atoms with E-state index in [-0.39, 0.29) is 13.2 Å². The van der Waals surface area contributed by atoms with E-state index in [0.717, 1.165) is 11.3 Å². The van der Waals surface area contributed by atoms with Gasteiger partial charge in [0.15, 0.2) is 0 Å². The number of pyridine rings is 1. The van der Waals surface area contributed by atoms with Gasteiger partial charge in [-0.1, -0.05) is 35.3 Å². The highest BCUT2D eigenvalue weighted by Crippen LogP contribution is 2.20. The second-order valence-electron chi connectivity index (χ2n) is 3.99. The summed E-state index contributed by atoms with van der Waals surface area (Å²) in [6.07, 6.45) is 2.18. The molecule has 1 aromatic heterocycles. The van der Waals surface area contributed by atoms with Crippen molar-refractivity contribution in [2.24, 2.45) is 0 Å². The van der Waals surface area contributed by atoms with Crippen molar-refractivity contribution in [3.63, 3.8) is 0 Å². The molecule has 0 atom stereocenters. The molecule has 0 unspecified atom stereocenters. The van der Waals surface area contributed by atoms with Crippen molar-refractivity contribution in [1.29, 1.82) is 0 Å². The fourth-order valence-corrected chi connectivity index (χ4v) is 2.02. The molecule has 1 N–H and O–H groups in total. The van der Waals surface area contributed by atoms with Crippen molar-refractivity contribution < 1.29 is 9.84 Å². The summed E-state index contributed by atoms with van der Waals surface area (Å²) in [7, 11) is 0. The smallest absolute Gasteiger partial charge is 0.132 e. The largest absolute Gasteiger partial charge is 0.487 e. The average Bonchev–Trinajstić information content (AvgIpc) is 2.40. The Bertz CT molecular complexity index is 544. The molecule has 0 aliphatic carbocycles. The van der Waals surface area contributed by atoms with E-state index in [2.05, 4.69) is 4.98 Å². The number of halogens is 2. The number of aliphatic hydroxyl groups is 1. The number of hydrogen-bond acceptors (Lipinski definition) is 3. The molecule has 0 radical (unpaired) electrons. The first-order valence-corrected chi connectivity index (χ1v) is 6.57. The lowest BCUT2D eigenvalue weighted by molar-refractivity contribution is 0.297. The molecule has 0 saturated carbocycles. The summed E-state index contributed by atoms with van der Waals surface area (Å²) < 4.78 is 5.59. The maximum absolute atomic E-state index is 8.83. The monoisotopic (exact) mass is 297 g/mol. The lowest BCUT2D eigenvalue weighted by Crippen LogP contribution is -1.99. The first-order chi connectivity index (χ1) is 9.19. The average molecular weight is 298 g/mol. The van der Waals surface area contributed by atoms with Crippen LogP contribution >= 0.6 is 23.2 Å². The number of nitrogens with zero attached hydrogens (tertiary/aromatic N) is 1. The third-order valence-corrected chi connectivity index (χ3v) is 3.12. The van der Waals surface area contributed by atoms with Gasteiger partial charge in [-0.2, -0.15) is 0 Å². The third kappa shape index (κ3) is 4.10. The molecule has 1 heterocycles. The molecular weight excluding hydrogens is 285 g/mol. The van der Waals surface area contributed by atoms with Gasteiger partial charge in [-0.15, -0.1) is 0 Å². The van der Waals surface area contributed by atoms with Gasteiger partial charge in [0.1, 0.15) is 12.4 Å². The van der Waals surface area contributed by atoms with Crippen molar-refractivity contribution >= 4 is 23.2 Å². The van der Waals surface area contributed by atoms with Gasteiger partial charge in [0, 0.05) is 12.8 Å². The van der Waals surface area contributed by atoms with Crippen LogP contribution in [0, 0.1) is 0 Å². The van der Waals surface area contributed by atoms with Crippen LogP contribution in [-0.4, -0.2) is 16.7 Å². The van der Waals surface area contributed by atoms with Gasteiger partial charge in [-0.05, 0) is 30.2 Å². The Balaban J connectivity index is 1.98. The number of benzene rings is 1. The van der Waals surface area contributed by atoms with Crippen LogP contribution in [0.5, 0.6) is 5.75 Å². The van der Waals surface area contributed by atoms with E-state index in [1.54, 1.807) is 6.07 Å². The molecule has 0 amide bonds. The van der Waals surface area contributed by atoms with E-state index in [1.165, 1.54) is 6.20 Å². The number of ether oxygens (including phenoxy) is 1. The van der Waals surface area contributed by atoms with Crippen LogP contribution in [0.25, 0.3) is 0 Å². The lowest BCUT2D eigenvalue weighted by atomic mass is 10.1. The van der Waals surface area contributed by atoms with E-state index in [0.29, 0.717) is 22.2 Å². The molecule has 0 fully saturated rings. The first-order valence-electron chi connectivity index (χ1n) is 5.81. The van der Waals surface area contributed by atoms with Crippen molar-refractivity contribution in [3.05, 3.63) is 57.8 Å². The highest BCUT2D eigenvalue weighted by Gasteiger charge is 2.04. The summed E-state index contributed by atoms with van der Waals surface area (Å²) in [5.41, 5.74) is 1.71. The summed E-state index contributed by atoms with van der Waals surface area (Å²) in [5, 5.41) is 9.82. The molecular formula is C14H13Cl2NO2. The van der Waals surface area contributed by atoms with Gasteiger partial charge in [-0.3, -0.25) is 4.98 Å². The molecule has 2 rings (SSSR count). The minimum atomic E-state index is 0.143. The zero-order valence-corrected chi connectivity index (χ0v) is 11.7. The molecule has 2 aromatic rings. The Morgan fingerprint density at radius 1 is 1.16 bits per heavy atom. The van der Waals surface area contributed by atoms with Crippen LogP contribution in [0.3, 0.4) is 0 Å². The van der Waals surface area contributed by atoms with Crippen molar-refractivity contribution in [3.8, 4) is 5.75 Å². The lowest BCUT2D eigenvalue weighted by Gasteiger charge is -2.08. The number of aliphatic hydroxyl groups excluding tert-OH is 1. The SMILES string of the molecule is OCCc1ccc(OCc2ncc(Cl)cc2Cl)cc1. The second kappa shape index (κ2) is 6.75. The number of hydrogen-bond donors (Lipinski definition) is 1. The maximum atomic E-state index is 8.83. The standard InChI is InChI=1S/C14H13Cl2NO2/c15-11-7-13(16)14(17-8-11)9-19-12-3-1-10(2-4-12)5-6-18/h1-4,7-8,18H,5-6,9H2. The molecule has 5 heteroatoms. The van der Waals surface area contributed by atoms with Gasteiger partial charge >= 0.3 is 0 Å². The van der Waals surface area contributed by atoms with E-state index in [9.17, 15) is 0 Å². The van der Waals surface area contributed by atoms with Crippen molar-refractivity contribution in [1.82, 2.24) is 4.98 Å². The molecule has 0 spiro atoms. The zero-order valence-electron chi connectivity index (χ0n) is 10.1. The Morgan fingerprint density at radius 2 is 1.89 bits per heavy atom. The molecule has 0 saturated heterocycles. The predicted molar refractivity (Wildman–Crippen MR) is 75.8 cm³/mol. The summed E-state index contributed by atoms with van der Waals surface area (Å²) in [5.74, 6) is 0.731. The highest BCUT2D eigenvalue weighted by molar-refractivity contribution is 6.34. The van der Waals surface area contributed by atoms with Gasteiger partial charge in [0.05, 0.1) is 15.7 Å². The zero-order chi connectivity index (χ0) is 13.7. The van der Waals surface area contributed by atoms with Crippen LogP contribution in [-0.2, 0) is 13.0 Å². The second-order valence-corrected chi connectivity index (χ2v) is 4.83. The summed E-state index contributed by atoms with van der Waals surface area (Å²) in [6.45, 7) is 0.430. The van der Waals surface area contributed by atoms with Crippen LogP contribution < -0.4 is 4.74 Å². The van der Waals surface area contributed by atoms with Crippen molar-refractivity contribution in [2.45, 2.75) is 13.0 Å². The van der Waals surface area contributed by atoms with E-state index in [1.807, 2.05) is 24.3 Å². The Hall–Kier alpha value is -1.29. The topological polar surface area (TPSA) is 42.4 Å². The molecule has 100 valence electrons. The Morgan fingerprint density at radius 3 is 2.53 bits per heavy atom. The molecule has 3 nitrogen and oxygen atoms in total. The number of aromatic nitrogens is 1. The van der Waals surface area contributed by atoms with Gasteiger partial charge in [-0.25, -0.2) is 0 Å². The van der Waals surface area contributed by atoms with E-state index >= 15 is 0 Å². The molecule has 1 aromatic carbocycles. The molecule has 19 heavy (non-hydrogen) atoms.